The lowest BCUT2D eigenvalue weighted by molar-refractivity contribution is -0.151. The van der Waals surface area contributed by atoms with Crippen LogP contribution in [0.2, 0.25) is 6.55 Å². The number of carbonyl (C=O) groups is 1. The van der Waals surface area contributed by atoms with Crippen LogP contribution in [0.4, 0.5) is 0 Å². The first-order valence-corrected chi connectivity index (χ1v) is 5.47. The van der Waals surface area contributed by atoms with Crippen LogP contribution >= 0.6 is 0 Å². The summed E-state index contributed by atoms with van der Waals surface area (Å²) in [5, 5.41) is 0. The SMILES string of the molecule is COC(=O)C1(O[SiH2]C)CC1. The van der Waals surface area contributed by atoms with Crippen LogP contribution in [0.25, 0.3) is 0 Å². The van der Waals surface area contributed by atoms with Crippen molar-refractivity contribution in [1.82, 2.24) is 0 Å². The van der Waals surface area contributed by atoms with Crippen LogP contribution in [0.1, 0.15) is 12.8 Å². The Morgan fingerprint density at radius 3 is 2.50 bits per heavy atom. The number of esters is 1. The molecular weight excluding hydrogens is 148 g/mol. The molecule has 10 heavy (non-hydrogen) atoms. The lowest BCUT2D eigenvalue weighted by atomic mass is 10.4. The zero-order valence-electron chi connectivity index (χ0n) is 6.35. The normalized spacial score (nSPS) is 21.4. The van der Waals surface area contributed by atoms with Crippen LogP contribution in [-0.2, 0) is 14.0 Å². The fourth-order valence-corrected chi connectivity index (χ4v) is 1.94. The van der Waals surface area contributed by atoms with Crippen molar-refractivity contribution in [2.75, 3.05) is 7.11 Å². The molecule has 0 aliphatic heterocycles. The molecule has 0 aromatic heterocycles. The third-order valence-electron chi connectivity index (χ3n) is 1.68. The molecule has 0 unspecified atom stereocenters. The van der Waals surface area contributed by atoms with Crippen molar-refractivity contribution in [3.05, 3.63) is 0 Å². The maximum atomic E-state index is 11.0. The Kier molecular flexibility index (Phi) is 2.10. The van der Waals surface area contributed by atoms with Gasteiger partial charge in [0.15, 0.2) is 15.4 Å². The van der Waals surface area contributed by atoms with Crippen molar-refractivity contribution in [1.29, 1.82) is 0 Å². The molecule has 0 N–H and O–H groups in total. The monoisotopic (exact) mass is 160 g/mol. The number of hydrogen-bond acceptors (Lipinski definition) is 3. The van der Waals surface area contributed by atoms with Gasteiger partial charge in [-0.1, -0.05) is 6.55 Å². The minimum absolute atomic E-state index is 0.193. The highest BCUT2D eigenvalue weighted by Gasteiger charge is 2.51. The summed E-state index contributed by atoms with van der Waals surface area (Å²) in [5.74, 6) is -0.193. The van der Waals surface area contributed by atoms with E-state index in [2.05, 4.69) is 4.74 Å². The van der Waals surface area contributed by atoms with Crippen molar-refractivity contribution in [3.63, 3.8) is 0 Å². The second-order valence-electron chi connectivity index (χ2n) is 2.42. The van der Waals surface area contributed by atoms with E-state index in [1.54, 1.807) is 0 Å². The minimum Gasteiger partial charge on any atom is -0.467 e. The number of methoxy groups -OCH3 is 1. The largest absolute Gasteiger partial charge is 0.467 e. The lowest BCUT2D eigenvalue weighted by Crippen LogP contribution is -2.28. The lowest BCUT2D eigenvalue weighted by Gasteiger charge is -2.11. The molecule has 58 valence electrons. The molecule has 0 aromatic rings. The molecule has 0 atom stereocenters. The van der Waals surface area contributed by atoms with E-state index < -0.39 is 15.4 Å². The first-order valence-electron chi connectivity index (χ1n) is 3.47. The summed E-state index contributed by atoms with van der Waals surface area (Å²) < 4.78 is 9.95. The highest BCUT2D eigenvalue weighted by atomic mass is 28.2. The van der Waals surface area contributed by atoms with Gasteiger partial charge in [0.2, 0.25) is 0 Å². The van der Waals surface area contributed by atoms with Gasteiger partial charge in [-0.25, -0.2) is 4.79 Å². The first kappa shape index (κ1) is 7.75. The van der Waals surface area contributed by atoms with E-state index in [4.69, 9.17) is 4.43 Å². The van der Waals surface area contributed by atoms with E-state index in [0.29, 0.717) is 0 Å². The predicted molar refractivity (Wildman–Crippen MR) is 39.5 cm³/mol. The Bertz CT molecular complexity index is 142. The second kappa shape index (κ2) is 2.71. The highest BCUT2D eigenvalue weighted by molar-refractivity contribution is 6.25. The molecule has 1 aliphatic rings. The first-order chi connectivity index (χ1) is 4.75. The molecule has 3 nitrogen and oxygen atoms in total. The van der Waals surface area contributed by atoms with E-state index in [1.165, 1.54) is 7.11 Å². The zero-order valence-corrected chi connectivity index (χ0v) is 7.76. The Balaban J connectivity index is 2.43. The third-order valence-corrected chi connectivity index (χ3v) is 2.52. The van der Waals surface area contributed by atoms with Gasteiger partial charge in [-0.05, 0) is 12.8 Å². The van der Waals surface area contributed by atoms with Crippen molar-refractivity contribution in [2.45, 2.75) is 25.0 Å². The fourth-order valence-electron chi connectivity index (χ4n) is 0.983. The van der Waals surface area contributed by atoms with Crippen LogP contribution in [-0.4, -0.2) is 28.4 Å². The molecule has 0 spiro atoms. The molecule has 1 rings (SSSR count). The third kappa shape index (κ3) is 1.22. The molecule has 0 amide bonds. The molecule has 4 heteroatoms. The molecule has 0 radical (unpaired) electrons. The summed E-state index contributed by atoms with van der Waals surface area (Å²) in [7, 11) is 0.925. The highest BCUT2D eigenvalue weighted by Crippen LogP contribution is 2.40. The second-order valence-corrected chi connectivity index (χ2v) is 3.28. The van der Waals surface area contributed by atoms with Crippen LogP contribution in [0.5, 0.6) is 0 Å². The van der Waals surface area contributed by atoms with Crippen LogP contribution < -0.4 is 0 Å². The molecule has 0 saturated heterocycles. The van der Waals surface area contributed by atoms with Gasteiger partial charge in [-0.15, -0.1) is 0 Å². The number of carbonyl (C=O) groups excluding carboxylic acids is 1. The summed E-state index contributed by atoms with van der Waals surface area (Å²) >= 11 is 0. The van der Waals surface area contributed by atoms with E-state index in [9.17, 15) is 4.79 Å². The zero-order chi connectivity index (χ0) is 7.61. The topological polar surface area (TPSA) is 35.5 Å². The van der Waals surface area contributed by atoms with E-state index in [0.717, 1.165) is 12.8 Å². The summed E-state index contributed by atoms with van der Waals surface area (Å²) in [6, 6.07) is 0. The summed E-state index contributed by atoms with van der Waals surface area (Å²) in [5.41, 5.74) is -0.490. The maximum Gasteiger partial charge on any atom is 0.336 e. The quantitative estimate of drug-likeness (QED) is 0.425. The molecule has 0 heterocycles. The fraction of sp³-hybridized carbons (Fsp3) is 0.833. The molecule has 0 aromatic carbocycles. The Labute approximate surface area is 62.6 Å². The average Bonchev–Trinajstić information content (AvgIpc) is 2.69. The van der Waals surface area contributed by atoms with Gasteiger partial charge in [0.25, 0.3) is 0 Å². The molecule has 1 aliphatic carbocycles. The maximum absolute atomic E-state index is 11.0. The summed E-state index contributed by atoms with van der Waals surface area (Å²) in [6.07, 6.45) is 1.70. The van der Waals surface area contributed by atoms with Crippen LogP contribution in [0.3, 0.4) is 0 Å². The Hall–Kier alpha value is -0.353. The van der Waals surface area contributed by atoms with Gasteiger partial charge in [-0.3, -0.25) is 0 Å². The van der Waals surface area contributed by atoms with E-state index in [1.807, 2.05) is 6.55 Å². The van der Waals surface area contributed by atoms with Gasteiger partial charge in [0.1, 0.15) is 0 Å². The number of hydrogen-bond donors (Lipinski definition) is 0. The Morgan fingerprint density at radius 1 is 1.60 bits per heavy atom. The van der Waals surface area contributed by atoms with Crippen LogP contribution in [0.15, 0.2) is 0 Å². The van der Waals surface area contributed by atoms with Gasteiger partial charge in [0, 0.05) is 0 Å². The molecule has 1 fully saturated rings. The van der Waals surface area contributed by atoms with Crippen molar-refractivity contribution >= 4 is 15.7 Å². The standard InChI is InChI=1S/C6H12O3Si/c1-8-5(7)6(3-4-6)9-10-2/h3-4,10H2,1-2H3. The molecule has 1 saturated carbocycles. The van der Waals surface area contributed by atoms with Crippen molar-refractivity contribution in [2.24, 2.45) is 0 Å². The summed E-state index contributed by atoms with van der Waals surface area (Å²) in [4.78, 5) is 11.0. The summed E-state index contributed by atoms with van der Waals surface area (Å²) in [6.45, 7) is 2.02. The van der Waals surface area contributed by atoms with Crippen molar-refractivity contribution in [3.8, 4) is 0 Å². The minimum atomic E-state index is -0.490. The average molecular weight is 160 g/mol. The van der Waals surface area contributed by atoms with E-state index in [-0.39, 0.29) is 5.97 Å². The molecular formula is C6H12O3Si. The number of ether oxygens (including phenoxy) is 1. The smallest absolute Gasteiger partial charge is 0.336 e. The van der Waals surface area contributed by atoms with Crippen LogP contribution in [0, 0.1) is 0 Å². The van der Waals surface area contributed by atoms with E-state index >= 15 is 0 Å². The molecule has 0 bridgehead atoms. The van der Waals surface area contributed by atoms with Gasteiger partial charge < -0.3 is 9.16 Å². The predicted octanol–water partition coefficient (Wildman–Crippen LogP) is -0.160. The van der Waals surface area contributed by atoms with Gasteiger partial charge in [-0.2, -0.15) is 0 Å². The van der Waals surface area contributed by atoms with Crippen molar-refractivity contribution < 1.29 is 14.0 Å². The Morgan fingerprint density at radius 2 is 2.20 bits per heavy atom. The van der Waals surface area contributed by atoms with Gasteiger partial charge in [0.05, 0.1) is 7.11 Å². The van der Waals surface area contributed by atoms with Gasteiger partial charge >= 0.3 is 5.97 Å². The number of rotatable bonds is 3.